The molecule has 7 unspecified atom stereocenters. The Morgan fingerprint density at radius 2 is 1.54 bits per heavy atom. The van der Waals surface area contributed by atoms with Crippen LogP contribution in [0.3, 0.4) is 0 Å². The number of aliphatic hydroxyl groups is 1. The van der Waals surface area contributed by atoms with Gasteiger partial charge >= 0.3 is 0 Å². The number of ether oxygens (including phenoxy) is 2. The Morgan fingerprint density at radius 1 is 0.923 bits per heavy atom. The van der Waals surface area contributed by atoms with Gasteiger partial charge in [0.05, 0.1) is 42.9 Å². The Hall–Kier alpha value is -2.57. The second-order valence-corrected chi connectivity index (χ2v) is 16.1. The minimum Gasteiger partial charge on any atom is -0.387 e. The van der Waals surface area contributed by atoms with Gasteiger partial charge in [-0.2, -0.15) is 0 Å². The summed E-state index contributed by atoms with van der Waals surface area (Å²) in [7, 11) is 8.84. The Labute approximate surface area is 315 Å². The smallest absolute Gasteiger partial charge is 0.245 e. The van der Waals surface area contributed by atoms with Gasteiger partial charge in [-0.25, -0.2) is 0 Å². The molecular formula is C41H73N5O6. The lowest BCUT2D eigenvalue weighted by molar-refractivity contribution is -0.147. The first-order valence-corrected chi connectivity index (χ1v) is 19.5. The van der Waals surface area contributed by atoms with Gasteiger partial charge in [-0.05, 0) is 70.0 Å². The first-order chi connectivity index (χ1) is 24.4. The van der Waals surface area contributed by atoms with E-state index < -0.39 is 18.2 Å². The number of aliphatic hydroxyl groups excluding tert-OH is 1. The van der Waals surface area contributed by atoms with Crippen molar-refractivity contribution in [2.75, 3.05) is 41.9 Å². The van der Waals surface area contributed by atoms with Crippen LogP contribution in [0.4, 0.5) is 0 Å². The van der Waals surface area contributed by atoms with Crippen molar-refractivity contribution in [1.82, 2.24) is 25.3 Å². The third-order valence-corrected chi connectivity index (χ3v) is 11.5. The average Bonchev–Trinajstić information content (AvgIpc) is 3.59. The highest BCUT2D eigenvalue weighted by Crippen LogP contribution is 2.31. The fraction of sp³-hybridized carbons (Fsp3) is 0.780. The van der Waals surface area contributed by atoms with Gasteiger partial charge in [0.2, 0.25) is 17.7 Å². The maximum atomic E-state index is 14.2. The molecule has 3 N–H and O–H groups in total. The highest BCUT2D eigenvalue weighted by Gasteiger charge is 2.43. The van der Waals surface area contributed by atoms with Crippen molar-refractivity contribution in [2.24, 2.45) is 23.7 Å². The fourth-order valence-corrected chi connectivity index (χ4v) is 8.17. The number of nitrogens with one attached hydrogen (secondary N) is 2. The number of rotatable bonds is 21. The van der Waals surface area contributed by atoms with Crippen LogP contribution >= 0.6 is 0 Å². The highest BCUT2D eigenvalue weighted by atomic mass is 16.5. The van der Waals surface area contributed by atoms with Crippen LogP contribution in [-0.2, 0) is 23.9 Å². The third-order valence-electron chi connectivity index (χ3n) is 11.5. The number of carbonyl (C=O) groups excluding carboxylic acids is 3. The topological polar surface area (TPSA) is 124 Å². The van der Waals surface area contributed by atoms with E-state index in [0.717, 1.165) is 24.8 Å². The van der Waals surface area contributed by atoms with Gasteiger partial charge in [0.1, 0.15) is 6.04 Å². The minimum absolute atomic E-state index is 0.0000268. The molecule has 0 aliphatic carbocycles. The van der Waals surface area contributed by atoms with Crippen molar-refractivity contribution in [3.63, 3.8) is 0 Å². The van der Waals surface area contributed by atoms with E-state index in [2.05, 4.69) is 38.3 Å². The van der Waals surface area contributed by atoms with E-state index in [0.29, 0.717) is 6.54 Å². The summed E-state index contributed by atoms with van der Waals surface area (Å²) in [5.41, 5.74) is 0.863. The van der Waals surface area contributed by atoms with Crippen LogP contribution in [0, 0.1) is 23.7 Å². The Kier molecular flexibility index (Phi) is 18.7. The van der Waals surface area contributed by atoms with Crippen molar-refractivity contribution >= 4 is 17.7 Å². The first kappa shape index (κ1) is 45.6. The highest BCUT2D eigenvalue weighted by molar-refractivity contribution is 5.90. The molecule has 1 saturated heterocycles. The maximum Gasteiger partial charge on any atom is 0.245 e. The summed E-state index contributed by atoms with van der Waals surface area (Å²) in [6, 6.07) is 7.86. The molecule has 0 bridgehead atoms. The lowest BCUT2D eigenvalue weighted by Crippen LogP contribution is -2.59. The molecular weight excluding hydrogens is 658 g/mol. The van der Waals surface area contributed by atoms with Crippen molar-refractivity contribution in [1.29, 1.82) is 0 Å². The van der Waals surface area contributed by atoms with E-state index in [9.17, 15) is 19.5 Å². The van der Waals surface area contributed by atoms with E-state index in [1.807, 2.05) is 88.8 Å². The molecule has 52 heavy (non-hydrogen) atoms. The third kappa shape index (κ3) is 11.7. The number of benzene rings is 1. The molecule has 298 valence electrons. The summed E-state index contributed by atoms with van der Waals surface area (Å²) in [6.07, 6.45) is 1.17. The quantitative estimate of drug-likeness (QED) is 0.166. The number of nitrogens with zero attached hydrogens (tertiary/aromatic N) is 3. The van der Waals surface area contributed by atoms with Gasteiger partial charge in [0, 0.05) is 39.9 Å². The first-order valence-electron chi connectivity index (χ1n) is 19.5. The number of methoxy groups -OCH3 is 2. The molecule has 1 aromatic carbocycles. The number of carbonyl (C=O) groups is 3. The molecule has 1 aromatic rings. The van der Waals surface area contributed by atoms with Crippen LogP contribution in [0.15, 0.2) is 30.3 Å². The van der Waals surface area contributed by atoms with E-state index in [1.54, 1.807) is 26.2 Å². The normalized spacial score (nSPS) is 20.9. The van der Waals surface area contributed by atoms with Gasteiger partial charge in [-0.15, -0.1) is 0 Å². The minimum atomic E-state index is -0.725. The number of likely N-dealkylation sites (N-methyl/N-ethyl adjacent to an activating group) is 2. The van der Waals surface area contributed by atoms with Crippen molar-refractivity contribution < 1.29 is 29.0 Å². The number of amides is 3. The molecule has 1 aliphatic heterocycles. The van der Waals surface area contributed by atoms with Crippen molar-refractivity contribution in [2.45, 2.75) is 143 Å². The van der Waals surface area contributed by atoms with Crippen LogP contribution in [-0.4, -0.2) is 128 Å². The lowest BCUT2D eigenvalue weighted by atomic mass is 9.88. The standard InChI is InChI=1S/C41H73N5O6/c1-15-27(6)37(45(12)41(50)35(25(2)3)43-40(49)36(26(4)5)44(10)11)33(51-13)24-34(47)46-23-19-22-32(46)39(52-14)28(7)29(8)42-30(9)38(48)31-20-17-16-18-21-31/h16-18,20-21,25-30,32-33,35-39,42,48H,15,19,22-24H2,1-14H3,(H,43,49)/t27?,28?,29?,30-,32+,33?,35+,36?,37+,38?,39?/m1/s1. The van der Waals surface area contributed by atoms with Gasteiger partial charge < -0.3 is 35.0 Å². The zero-order chi connectivity index (χ0) is 39.4. The summed E-state index contributed by atoms with van der Waals surface area (Å²) in [4.78, 5) is 47.4. The molecule has 0 aromatic heterocycles. The molecule has 1 fully saturated rings. The van der Waals surface area contributed by atoms with E-state index in [4.69, 9.17) is 9.47 Å². The average molecular weight is 732 g/mol. The summed E-state index contributed by atoms with van der Waals surface area (Å²) < 4.78 is 12.2. The van der Waals surface area contributed by atoms with E-state index >= 15 is 0 Å². The van der Waals surface area contributed by atoms with Gasteiger partial charge in [-0.3, -0.25) is 19.3 Å². The second-order valence-electron chi connectivity index (χ2n) is 16.1. The van der Waals surface area contributed by atoms with Gasteiger partial charge in [0.15, 0.2) is 0 Å². The Morgan fingerprint density at radius 3 is 2.04 bits per heavy atom. The predicted octanol–water partition coefficient (Wildman–Crippen LogP) is 4.73. The monoisotopic (exact) mass is 732 g/mol. The van der Waals surface area contributed by atoms with Crippen LogP contribution in [0.1, 0.15) is 99.7 Å². The Bertz CT molecular complexity index is 1220. The Balaban J connectivity index is 2.25. The molecule has 1 aliphatic rings. The molecule has 11 atom stereocenters. The summed E-state index contributed by atoms with van der Waals surface area (Å²) in [5.74, 6) is -0.397. The zero-order valence-corrected chi connectivity index (χ0v) is 34.8. The molecule has 11 heteroatoms. The molecule has 0 saturated carbocycles. The molecule has 11 nitrogen and oxygen atoms in total. The van der Waals surface area contributed by atoms with Crippen LogP contribution in [0.25, 0.3) is 0 Å². The summed E-state index contributed by atoms with van der Waals surface area (Å²) in [6.45, 7) is 18.9. The van der Waals surface area contributed by atoms with Crippen molar-refractivity contribution in [3.05, 3.63) is 35.9 Å². The fourth-order valence-electron chi connectivity index (χ4n) is 8.17. The largest absolute Gasteiger partial charge is 0.387 e. The van der Waals surface area contributed by atoms with Crippen LogP contribution < -0.4 is 10.6 Å². The predicted molar refractivity (Wildman–Crippen MR) is 209 cm³/mol. The van der Waals surface area contributed by atoms with Crippen LogP contribution in [0.5, 0.6) is 0 Å². The molecule has 3 amide bonds. The van der Waals surface area contributed by atoms with Crippen molar-refractivity contribution in [3.8, 4) is 0 Å². The van der Waals surface area contributed by atoms with E-state index in [1.165, 1.54) is 0 Å². The van der Waals surface area contributed by atoms with Crippen LogP contribution in [0.2, 0.25) is 0 Å². The summed E-state index contributed by atoms with van der Waals surface area (Å²) in [5, 5.41) is 17.6. The molecule has 1 heterocycles. The maximum absolute atomic E-state index is 14.2. The molecule has 0 radical (unpaired) electrons. The molecule has 0 spiro atoms. The lowest BCUT2D eigenvalue weighted by Gasteiger charge is -2.41. The number of likely N-dealkylation sites (tertiary alicyclic amines) is 1. The summed E-state index contributed by atoms with van der Waals surface area (Å²) >= 11 is 0. The number of hydrogen-bond donors (Lipinski definition) is 3. The second kappa shape index (κ2) is 21.4. The molecule has 2 rings (SSSR count). The van der Waals surface area contributed by atoms with Gasteiger partial charge in [-0.1, -0.05) is 85.2 Å². The SMILES string of the molecule is CCC(C)[C@@H](C(CC(=O)N1CCC[C@H]1C(OC)C(C)C(C)N[C@H](C)C(O)c1ccccc1)OC)N(C)C(=O)[C@@H](NC(=O)C(C(C)C)N(C)C)C(C)C. The zero-order valence-electron chi connectivity index (χ0n) is 34.8. The van der Waals surface area contributed by atoms with E-state index in [-0.39, 0.29) is 84.1 Å². The number of hydrogen-bond acceptors (Lipinski definition) is 8. The van der Waals surface area contributed by atoms with Gasteiger partial charge in [0.25, 0.3) is 0 Å².